The van der Waals surface area contributed by atoms with Gasteiger partial charge in [-0.2, -0.15) is 0 Å². The van der Waals surface area contributed by atoms with Gasteiger partial charge in [-0.15, -0.1) is 0 Å². The first kappa shape index (κ1) is 13.8. The van der Waals surface area contributed by atoms with Crippen LogP contribution in [0.4, 0.5) is 0 Å². The Labute approximate surface area is 122 Å². The molecule has 1 fully saturated rings. The van der Waals surface area contributed by atoms with Crippen LogP contribution in [0, 0.1) is 0 Å². The SMILES string of the molecule is O=C(O)C1CCC(COc2c(Br)cccc2Br)O1. The molecule has 98 valence electrons. The van der Waals surface area contributed by atoms with Gasteiger partial charge in [-0.1, -0.05) is 6.07 Å². The van der Waals surface area contributed by atoms with Crippen LogP contribution in [-0.4, -0.2) is 29.9 Å². The van der Waals surface area contributed by atoms with E-state index >= 15 is 0 Å². The standard InChI is InChI=1S/C12H12Br2O4/c13-8-2-1-3-9(14)11(8)17-6-7-4-5-10(18-7)12(15)16/h1-3,7,10H,4-6H2,(H,15,16). The number of aliphatic carboxylic acids is 1. The molecule has 0 aliphatic carbocycles. The summed E-state index contributed by atoms with van der Waals surface area (Å²) in [6.45, 7) is 0.352. The van der Waals surface area contributed by atoms with Crippen LogP contribution in [-0.2, 0) is 9.53 Å². The van der Waals surface area contributed by atoms with Crippen LogP contribution in [0.15, 0.2) is 27.1 Å². The number of halogens is 2. The van der Waals surface area contributed by atoms with Crippen molar-refractivity contribution in [2.75, 3.05) is 6.61 Å². The van der Waals surface area contributed by atoms with E-state index in [0.29, 0.717) is 25.2 Å². The number of hydrogen-bond acceptors (Lipinski definition) is 3. The Hall–Kier alpha value is -0.590. The first-order valence-electron chi connectivity index (χ1n) is 5.53. The van der Waals surface area contributed by atoms with Gasteiger partial charge in [0.25, 0.3) is 0 Å². The summed E-state index contributed by atoms with van der Waals surface area (Å²) in [5, 5.41) is 8.82. The Balaban J connectivity index is 1.91. The molecule has 1 aromatic rings. The molecule has 0 amide bonds. The fourth-order valence-electron chi connectivity index (χ4n) is 1.81. The molecule has 2 atom stereocenters. The molecule has 0 bridgehead atoms. The van der Waals surface area contributed by atoms with Gasteiger partial charge in [-0.05, 0) is 56.8 Å². The van der Waals surface area contributed by atoms with E-state index in [2.05, 4.69) is 31.9 Å². The number of carboxylic acids is 1. The normalized spacial score (nSPS) is 23.0. The number of para-hydroxylation sites is 1. The monoisotopic (exact) mass is 378 g/mol. The Morgan fingerprint density at radius 1 is 1.39 bits per heavy atom. The molecule has 1 aliphatic rings. The molecule has 0 saturated carbocycles. The van der Waals surface area contributed by atoms with E-state index in [1.807, 2.05) is 18.2 Å². The summed E-state index contributed by atoms with van der Waals surface area (Å²) in [7, 11) is 0. The summed E-state index contributed by atoms with van der Waals surface area (Å²) in [5.41, 5.74) is 0. The van der Waals surface area contributed by atoms with Gasteiger partial charge in [0.05, 0.1) is 15.0 Å². The highest BCUT2D eigenvalue weighted by Crippen LogP contribution is 2.33. The maximum atomic E-state index is 10.7. The van der Waals surface area contributed by atoms with Gasteiger partial charge in [0.15, 0.2) is 6.10 Å². The highest BCUT2D eigenvalue weighted by molar-refractivity contribution is 9.11. The molecule has 18 heavy (non-hydrogen) atoms. The predicted octanol–water partition coefficient (Wildman–Crippen LogP) is 3.22. The third-order valence-corrected chi connectivity index (χ3v) is 3.96. The maximum absolute atomic E-state index is 10.7. The fraction of sp³-hybridized carbons (Fsp3) is 0.417. The van der Waals surface area contributed by atoms with Crippen LogP contribution in [0.25, 0.3) is 0 Å². The average molecular weight is 380 g/mol. The smallest absolute Gasteiger partial charge is 0.332 e. The minimum Gasteiger partial charge on any atom is -0.489 e. The summed E-state index contributed by atoms with van der Waals surface area (Å²) in [4.78, 5) is 10.7. The van der Waals surface area contributed by atoms with E-state index in [-0.39, 0.29) is 6.10 Å². The van der Waals surface area contributed by atoms with Gasteiger partial charge in [-0.3, -0.25) is 0 Å². The van der Waals surface area contributed by atoms with Crippen LogP contribution in [0.5, 0.6) is 5.75 Å². The van der Waals surface area contributed by atoms with Crippen molar-refractivity contribution in [1.29, 1.82) is 0 Å². The molecular formula is C12H12Br2O4. The molecule has 0 aromatic heterocycles. The molecule has 2 rings (SSSR count). The lowest BCUT2D eigenvalue weighted by Gasteiger charge is -2.14. The summed E-state index contributed by atoms with van der Waals surface area (Å²) in [6.07, 6.45) is 0.394. The van der Waals surface area contributed by atoms with Crippen molar-refractivity contribution in [3.63, 3.8) is 0 Å². The van der Waals surface area contributed by atoms with Gasteiger partial charge < -0.3 is 14.6 Å². The lowest BCUT2D eigenvalue weighted by atomic mass is 10.2. The van der Waals surface area contributed by atoms with Gasteiger partial charge >= 0.3 is 5.97 Å². The quantitative estimate of drug-likeness (QED) is 0.872. The second kappa shape index (κ2) is 6.04. The van der Waals surface area contributed by atoms with Crippen molar-refractivity contribution in [1.82, 2.24) is 0 Å². The second-order valence-corrected chi connectivity index (χ2v) is 5.73. The molecule has 2 unspecified atom stereocenters. The number of carboxylic acid groups (broad SMARTS) is 1. The van der Waals surface area contributed by atoms with Gasteiger partial charge in [0.1, 0.15) is 12.4 Å². The van der Waals surface area contributed by atoms with Crippen LogP contribution >= 0.6 is 31.9 Å². The molecule has 0 radical (unpaired) electrons. The van der Waals surface area contributed by atoms with E-state index in [9.17, 15) is 4.79 Å². The lowest BCUT2D eigenvalue weighted by Crippen LogP contribution is -2.23. The van der Waals surface area contributed by atoms with Crippen molar-refractivity contribution in [2.24, 2.45) is 0 Å². The van der Waals surface area contributed by atoms with Crippen LogP contribution < -0.4 is 4.74 Å². The second-order valence-electron chi connectivity index (χ2n) is 4.02. The van der Waals surface area contributed by atoms with Crippen molar-refractivity contribution >= 4 is 37.8 Å². The maximum Gasteiger partial charge on any atom is 0.332 e. The van der Waals surface area contributed by atoms with E-state index in [0.717, 1.165) is 8.95 Å². The summed E-state index contributed by atoms with van der Waals surface area (Å²) in [6, 6.07) is 5.67. The van der Waals surface area contributed by atoms with Crippen LogP contribution in [0.3, 0.4) is 0 Å². The average Bonchev–Trinajstić information content (AvgIpc) is 2.77. The lowest BCUT2D eigenvalue weighted by molar-refractivity contribution is -0.149. The van der Waals surface area contributed by atoms with Crippen molar-refractivity contribution in [2.45, 2.75) is 25.0 Å². The zero-order chi connectivity index (χ0) is 13.1. The molecule has 1 aromatic carbocycles. The molecule has 1 aliphatic heterocycles. The first-order valence-corrected chi connectivity index (χ1v) is 7.11. The van der Waals surface area contributed by atoms with Gasteiger partial charge in [-0.25, -0.2) is 4.79 Å². The zero-order valence-electron chi connectivity index (χ0n) is 9.44. The minimum absolute atomic E-state index is 0.162. The minimum atomic E-state index is -0.903. The Morgan fingerprint density at radius 2 is 2.06 bits per heavy atom. The van der Waals surface area contributed by atoms with E-state index in [1.165, 1.54) is 0 Å². The summed E-state index contributed by atoms with van der Waals surface area (Å²) in [5.74, 6) is -0.195. The summed E-state index contributed by atoms with van der Waals surface area (Å²) < 4.78 is 12.7. The van der Waals surface area contributed by atoms with E-state index < -0.39 is 12.1 Å². The topological polar surface area (TPSA) is 55.8 Å². The third-order valence-electron chi connectivity index (χ3n) is 2.72. The van der Waals surface area contributed by atoms with Gasteiger partial charge in [0, 0.05) is 0 Å². The number of hydrogen-bond donors (Lipinski definition) is 1. The predicted molar refractivity (Wildman–Crippen MR) is 72.9 cm³/mol. The van der Waals surface area contributed by atoms with Crippen molar-refractivity contribution in [3.05, 3.63) is 27.1 Å². The highest BCUT2D eigenvalue weighted by Gasteiger charge is 2.30. The van der Waals surface area contributed by atoms with Gasteiger partial charge in [0.2, 0.25) is 0 Å². The molecule has 1 heterocycles. The third kappa shape index (κ3) is 3.24. The van der Waals surface area contributed by atoms with Crippen molar-refractivity contribution in [3.8, 4) is 5.75 Å². The molecule has 4 nitrogen and oxygen atoms in total. The van der Waals surface area contributed by atoms with Crippen LogP contribution in [0.2, 0.25) is 0 Å². The number of benzene rings is 1. The van der Waals surface area contributed by atoms with E-state index in [1.54, 1.807) is 0 Å². The Kier molecular flexibility index (Phi) is 4.64. The zero-order valence-corrected chi connectivity index (χ0v) is 12.6. The number of carbonyl (C=O) groups is 1. The Morgan fingerprint density at radius 3 is 2.61 bits per heavy atom. The number of rotatable bonds is 4. The number of ether oxygens (including phenoxy) is 2. The highest BCUT2D eigenvalue weighted by atomic mass is 79.9. The van der Waals surface area contributed by atoms with Crippen LogP contribution in [0.1, 0.15) is 12.8 Å². The largest absolute Gasteiger partial charge is 0.489 e. The summed E-state index contributed by atoms with van der Waals surface area (Å²) >= 11 is 6.80. The first-order chi connectivity index (χ1) is 8.58. The van der Waals surface area contributed by atoms with E-state index in [4.69, 9.17) is 14.6 Å². The fourth-order valence-corrected chi connectivity index (χ4v) is 3.03. The molecule has 1 N–H and O–H groups in total. The molecule has 1 saturated heterocycles. The molecular weight excluding hydrogens is 368 g/mol. The molecule has 0 spiro atoms. The Bertz CT molecular complexity index is 429. The van der Waals surface area contributed by atoms with Crippen molar-refractivity contribution < 1.29 is 19.4 Å². The molecule has 6 heteroatoms.